The lowest BCUT2D eigenvalue weighted by atomic mass is 10.2. The van der Waals surface area contributed by atoms with Gasteiger partial charge in [0.05, 0.1) is 33.2 Å². The number of urea groups is 1. The molecule has 0 saturated heterocycles. The Bertz CT molecular complexity index is 1920. The largest absolute Gasteiger partial charge is 0.478 e. The highest BCUT2D eigenvalue weighted by Gasteiger charge is 2.33. The molecule has 0 saturated carbocycles. The number of anilines is 2. The Morgan fingerprint density at radius 3 is 2.26 bits per heavy atom. The lowest BCUT2D eigenvalue weighted by Crippen LogP contribution is -2.35. The van der Waals surface area contributed by atoms with Gasteiger partial charge in [-0.25, -0.2) is 27.4 Å². The fourth-order valence-electron chi connectivity index (χ4n) is 3.39. The average Bonchev–Trinajstić information content (AvgIpc) is 3.32. The molecule has 244 valence electrons. The number of carbonyl (C=O) groups excluding carboxylic acids is 1. The summed E-state index contributed by atoms with van der Waals surface area (Å²) in [5.41, 5.74) is 3.31. The molecule has 4 rings (SSSR count). The number of carboxylic acid groups (broad SMARTS) is 1. The number of halogens is 5. The van der Waals surface area contributed by atoms with Crippen molar-refractivity contribution in [2.24, 2.45) is 0 Å². The molecule has 46 heavy (non-hydrogen) atoms. The number of methoxy groups -OCH3 is 1. The topological polar surface area (TPSA) is 247 Å². The Morgan fingerprint density at radius 2 is 1.74 bits per heavy atom. The Hall–Kier alpha value is -5.28. The van der Waals surface area contributed by atoms with Crippen LogP contribution in [0.4, 0.5) is 35.4 Å². The van der Waals surface area contributed by atoms with Crippen molar-refractivity contribution in [2.45, 2.75) is 18.0 Å². The minimum atomic E-state index is -4.63. The number of aromatic carboxylic acids is 1. The number of ether oxygens (including phenoxy) is 1. The molecule has 5 N–H and O–H groups in total. The molecule has 2 aromatic heterocycles. The van der Waals surface area contributed by atoms with Crippen molar-refractivity contribution in [1.29, 1.82) is 0 Å². The number of hydrogen-bond acceptors (Lipinski definition) is 12. The van der Waals surface area contributed by atoms with Crippen molar-refractivity contribution in [3.63, 3.8) is 0 Å². The van der Waals surface area contributed by atoms with Gasteiger partial charge in [0.15, 0.2) is 0 Å². The molecule has 0 unspecified atom stereocenters. The number of amides is 2. The van der Waals surface area contributed by atoms with Gasteiger partial charge >= 0.3 is 29.9 Å². The normalized spacial score (nSPS) is 11.2. The molecule has 0 aliphatic carbocycles. The first-order valence-electron chi connectivity index (χ1n) is 11.8. The van der Waals surface area contributed by atoms with Crippen LogP contribution in [0.1, 0.15) is 21.7 Å². The Kier molecular flexibility index (Phi) is 10.6. The molecule has 0 fully saturated rings. The van der Waals surface area contributed by atoms with Crippen LogP contribution >= 0.6 is 23.2 Å². The number of carboxylic acids is 1. The summed E-state index contributed by atoms with van der Waals surface area (Å²) in [6.45, 7) is 1.52. The highest BCUT2D eigenvalue weighted by Crippen LogP contribution is 2.39. The van der Waals surface area contributed by atoms with Crippen LogP contribution in [0.15, 0.2) is 47.5 Å². The molecule has 17 nitrogen and oxygen atoms in total. The summed E-state index contributed by atoms with van der Waals surface area (Å²) >= 11 is 11.5. The number of nitrogen functional groups attached to an aromatic ring is 1. The number of nitrogens with zero attached hydrogens (tertiary/aromatic N) is 6. The maximum atomic E-state index is 12.6. The van der Waals surface area contributed by atoms with Gasteiger partial charge in [-0.05, 0) is 31.2 Å². The minimum Gasteiger partial charge on any atom is -0.478 e. The fourth-order valence-corrected chi connectivity index (χ4v) is 5.14. The van der Waals surface area contributed by atoms with Crippen LogP contribution in [0, 0.1) is 17.0 Å². The Morgan fingerprint density at radius 1 is 1.13 bits per heavy atom. The molecule has 4 aromatic rings. The van der Waals surface area contributed by atoms with Gasteiger partial charge in [0.1, 0.15) is 22.6 Å². The lowest BCUT2D eigenvalue weighted by molar-refractivity contribution is -0.383. The minimum absolute atomic E-state index is 0.0677. The summed E-state index contributed by atoms with van der Waals surface area (Å²) in [5.74, 6) is -1.84. The second-order valence-corrected chi connectivity index (χ2v) is 10.9. The van der Waals surface area contributed by atoms with E-state index in [1.807, 2.05) is 0 Å². The average molecular weight is 708 g/mol. The van der Waals surface area contributed by atoms with Crippen molar-refractivity contribution < 1.29 is 45.9 Å². The van der Waals surface area contributed by atoms with Crippen LogP contribution in [-0.2, 0) is 16.2 Å². The number of rotatable bonds is 7. The molecule has 0 radical (unpaired) electrons. The van der Waals surface area contributed by atoms with Gasteiger partial charge < -0.3 is 15.6 Å². The molecule has 0 aliphatic heterocycles. The van der Waals surface area contributed by atoms with Crippen LogP contribution < -0.4 is 20.5 Å². The lowest BCUT2D eigenvalue weighted by Gasteiger charge is -2.12. The SMILES string of the molecule is COc1nc(C)nc(NC(=O)NS(=O)(=O)c2ccccc2C(=O)O)n1.Nc1c([N+](=O)[O-])cnn1-c1c(Cl)cc(C(F)(F)F)cc1Cl. The van der Waals surface area contributed by atoms with Gasteiger partial charge in [-0.2, -0.15) is 33.2 Å². The van der Waals surface area contributed by atoms with Crippen molar-refractivity contribution in [3.8, 4) is 11.7 Å². The van der Waals surface area contributed by atoms with Gasteiger partial charge in [0.25, 0.3) is 10.0 Å². The number of benzene rings is 2. The second kappa shape index (κ2) is 13.8. The van der Waals surface area contributed by atoms with Gasteiger partial charge in [-0.3, -0.25) is 15.4 Å². The maximum Gasteiger partial charge on any atom is 0.416 e. The Balaban J connectivity index is 0.000000254. The number of nitro groups is 1. The first kappa shape index (κ1) is 35.2. The van der Waals surface area contributed by atoms with E-state index in [1.54, 1.807) is 4.72 Å². The van der Waals surface area contributed by atoms with Crippen molar-refractivity contribution >= 4 is 62.7 Å². The van der Waals surface area contributed by atoms with Crippen LogP contribution in [0.25, 0.3) is 5.69 Å². The summed E-state index contributed by atoms with van der Waals surface area (Å²) in [5, 5.41) is 24.7. The van der Waals surface area contributed by atoms with E-state index in [9.17, 15) is 41.3 Å². The van der Waals surface area contributed by atoms with E-state index in [4.69, 9.17) is 38.8 Å². The van der Waals surface area contributed by atoms with E-state index < -0.39 is 60.7 Å². The summed E-state index contributed by atoms with van der Waals surface area (Å²) < 4.78 is 69.6. The first-order valence-corrected chi connectivity index (χ1v) is 14.1. The molecule has 0 aliphatic rings. The van der Waals surface area contributed by atoms with E-state index in [-0.39, 0.29) is 33.5 Å². The number of nitrogens with one attached hydrogen (secondary N) is 2. The van der Waals surface area contributed by atoms with Crippen molar-refractivity contribution in [1.82, 2.24) is 29.5 Å². The van der Waals surface area contributed by atoms with E-state index >= 15 is 0 Å². The molecule has 2 aromatic carbocycles. The molecule has 0 bridgehead atoms. The summed E-state index contributed by atoms with van der Waals surface area (Å²) in [6, 6.07) is 4.90. The third-order valence-electron chi connectivity index (χ3n) is 5.31. The molecule has 0 spiro atoms. The van der Waals surface area contributed by atoms with Gasteiger partial charge in [-0.1, -0.05) is 35.3 Å². The van der Waals surface area contributed by atoms with E-state index in [1.165, 1.54) is 26.2 Å². The molecule has 2 heterocycles. The number of alkyl halides is 3. The van der Waals surface area contributed by atoms with Gasteiger partial charge in [0.2, 0.25) is 11.8 Å². The maximum absolute atomic E-state index is 12.6. The van der Waals surface area contributed by atoms with E-state index in [0.29, 0.717) is 12.1 Å². The molecule has 2 amide bonds. The number of nitrogens with two attached hydrogens (primary N) is 1. The monoisotopic (exact) mass is 707 g/mol. The highest BCUT2D eigenvalue weighted by atomic mass is 35.5. The van der Waals surface area contributed by atoms with Gasteiger partial charge in [0, 0.05) is 0 Å². The summed E-state index contributed by atoms with van der Waals surface area (Å²) in [7, 11) is -3.11. The van der Waals surface area contributed by atoms with Crippen molar-refractivity contribution in [3.05, 3.63) is 79.7 Å². The van der Waals surface area contributed by atoms with Crippen LogP contribution in [0.2, 0.25) is 10.0 Å². The highest BCUT2D eigenvalue weighted by molar-refractivity contribution is 7.90. The molecule has 0 atom stereocenters. The zero-order valence-electron chi connectivity index (χ0n) is 22.9. The van der Waals surface area contributed by atoms with E-state index in [0.717, 1.165) is 23.0 Å². The summed E-state index contributed by atoms with van der Waals surface area (Å²) in [4.78, 5) is 43.7. The molecular formula is C23H18Cl2F3N9O8S. The standard InChI is InChI=1S/C13H13N5O6S.C10H5Cl2F3N4O2/c1-7-14-11(17-13(15-7)24-2)16-12(21)18-25(22,23)9-6-4-3-5-8(9)10(19)20;11-5-1-4(10(13,14)15)2-6(12)8(5)18-9(16)7(3-17-18)19(20)21/h3-6H,1-2H3,(H,19,20)(H2,14,15,16,17,18,21);1-3H,16H2. The zero-order valence-corrected chi connectivity index (χ0v) is 25.2. The number of carbonyl (C=O) groups is 2. The predicted molar refractivity (Wildman–Crippen MR) is 154 cm³/mol. The number of sulfonamides is 1. The Labute approximate surface area is 265 Å². The quantitative estimate of drug-likeness (QED) is 0.156. The number of aryl methyl sites for hydroxylation is 1. The van der Waals surface area contributed by atoms with Crippen molar-refractivity contribution in [2.75, 3.05) is 18.2 Å². The van der Waals surface area contributed by atoms with Crippen LogP contribution in [0.5, 0.6) is 6.01 Å². The molecule has 23 heteroatoms. The fraction of sp³-hybridized carbons (Fsp3) is 0.130. The number of aromatic nitrogens is 5. The smallest absolute Gasteiger partial charge is 0.416 e. The molecular weight excluding hydrogens is 690 g/mol. The third kappa shape index (κ3) is 8.25. The van der Waals surface area contributed by atoms with Gasteiger partial charge in [-0.15, -0.1) is 0 Å². The van der Waals surface area contributed by atoms with Crippen LogP contribution in [0.3, 0.4) is 0 Å². The van der Waals surface area contributed by atoms with Crippen LogP contribution in [-0.4, -0.2) is 62.3 Å². The number of hydrogen-bond donors (Lipinski definition) is 4. The zero-order chi connectivity index (χ0) is 34.6. The predicted octanol–water partition coefficient (Wildman–Crippen LogP) is 4.09. The third-order valence-corrected chi connectivity index (χ3v) is 7.27. The van der Waals surface area contributed by atoms with E-state index in [2.05, 4.69) is 25.4 Å². The first-order chi connectivity index (χ1) is 21.3. The second-order valence-electron chi connectivity index (χ2n) is 8.42. The summed E-state index contributed by atoms with van der Waals surface area (Å²) in [6.07, 6.45) is -3.78.